The Hall–Kier alpha value is -2.75. The summed E-state index contributed by atoms with van der Waals surface area (Å²) in [6.45, 7) is 6.15. The number of carbonyl (C=O) groups excluding carboxylic acids is 1. The van der Waals surface area contributed by atoms with E-state index in [9.17, 15) is 4.79 Å². The van der Waals surface area contributed by atoms with E-state index in [2.05, 4.69) is 26.0 Å². The van der Waals surface area contributed by atoms with Crippen molar-refractivity contribution in [2.45, 2.75) is 59.3 Å². The van der Waals surface area contributed by atoms with Gasteiger partial charge in [-0.1, -0.05) is 18.6 Å². The van der Waals surface area contributed by atoms with Gasteiger partial charge >= 0.3 is 5.97 Å². The maximum Gasteiger partial charge on any atom is 0.339 e. The van der Waals surface area contributed by atoms with Crippen LogP contribution in [0.5, 0.6) is 0 Å². The summed E-state index contributed by atoms with van der Waals surface area (Å²) in [5.41, 5.74) is 4.47. The van der Waals surface area contributed by atoms with Crippen molar-refractivity contribution in [3.63, 3.8) is 0 Å². The molecule has 0 N–H and O–H groups in total. The number of allylic oxidation sites excluding steroid dienone is 4. The van der Waals surface area contributed by atoms with Crippen LogP contribution in [0.2, 0.25) is 0 Å². The zero-order valence-electron chi connectivity index (χ0n) is 17.6. The quantitative estimate of drug-likeness (QED) is 0.339. The maximum absolute atomic E-state index is 11.4. The number of hydrogen-bond donors (Lipinski definition) is 0. The van der Waals surface area contributed by atoms with Gasteiger partial charge in [-0.3, -0.25) is 0 Å². The fourth-order valence-corrected chi connectivity index (χ4v) is 3.47. The molecule has 29 heavy (non-hydrogen) atoms. The zero-order valence-corrected chi connectivity index (χ0v) is 17.6. The maximum atomic E-state index is 11.4. The Balaban J connectivity index is 1.35. The number of ether oxygens (including phenoxy) is 1. The van der Waals surface area contributed by atoms with Gasteiger partial charge in [0.1, 0.15) is 11.5 Å². The number of aryl methyl sites for hydroxylation is 1. The molecule has 2 aromatic heterocycles. The number of esters is 1. The van der Waals surface area contributed by atoms with Crippen LogP contribution in [0, 0.1) is 5.92 Å². The average molecular weight is 395 g/mol. The predicted molar refractivity (Wildman–Crippen MR) is 113 cm³/mol. The van der Waals surface area contributed by atoms with Gasteiger partial charge in [0.25, 0.3) is 0 Å². The highest BCUT2D eigenvalue weighted by atomic mass is 16.5. The van der Waals surface area contributed by atoms with Crippen LogP contribution in [-0.2, 0) is 22.4 Å². The first-order chi connectivity index (χ1) is 14.0. The minimum atomic E-state index is -0.228. The van der Waals surface area contributed by atoms with E-state index in [1.807, 2.05) is 24.5 Å². The van der Waals surface area contributed by atoms with Crippen molar-refractivity contribution in [3.8, 4) is 0 Å². The molecule has 0 fully saturated rings. The molecule has 0 amide bonds. The number of furan rings is 2. The third kappa shape index (κ3) is 6.67. The molecule has 0 saturated carbocycles. The van der Waals surface area contributed by atoms with Crippen LogP contribution in [0.4, 0.5) is 0 Å². The van der Waals surface area contributed by atoms with E-state index < -0.39 is 0 Å². The van der Waals surface area contributed by atoms with Crippen LogP contribution < -0.4 is 0 Å². The Morgan fingerprint density at radius 3 is 2.83 bits per heavy atom. The fraction of sp³-hybridized carbons (Fsp3) is 0.400. The molecule has 0 bridgehead atoms. The topological polar surface area (TPSA) is 52.6 Å². The molecule has 154 valence electrons. The van der Waals surface area contributed by atoms with Crippen molar-refractivity contribution in [2.24, 2.45) is 5.92 Å². The molecule has 3 rings (SSSR count). The molecule has 2 aromatic rings. The summed E-state index contributed by atoms with van der Waals surface area (Å²) in [4.78, 5) is 11.4. The molecular weight excluding hydrogens is 364 g/mol. The van der Waals surface area contributed by atoms with Crippen molar-refractivity contribution in [1.82, 2.24) is 0 Å². The Kier molecular flexibility index (Phi) is 7.34. The van der Waals surface area contributed by atoms with Crippen LogP contribution in [0.25, 0.3) is 0 Å². The fourth-order valence-electron chi connectivity index (χ4n) is 3.47. The summed E-state index contributed by atoms with van der Waals surface area (Å²) in [5, 5.41) is 0. The van der Waals surface area contributed by atoms with Gasteiger partial charge in [0, 0.05) is 12.0 Å². The number of hydrogen-bond acceptors (Lipinski definition) is 4. The monoisotopic (exact) mass is 394 g/mol. The summed E-state index contributed by atoms with van der Waals surface area (Å²) in [6, 6.07) is 4.10. The highest BCUT2D eigenvalue weighted by molar-refractivity contribution is 5.92. The van der Waals surface area contributed by atoms with E-state index in [1.165, 1.54) is 11.1 Å². The van der Waals surface area contributed by atoms with Crippen LogP contribution in [0.1, 0.15) is 63.3 Å². The van der Waals surface area contributed by atoms with Gasteiger partial charge in [0.15, 0.2) is 0 Å². The van der Waals surface area contributed by atoms with Crippen molar-refractivity contribution < 1.29 is 18.4 Å². The van der Waals surface area contributed by atoms with Crippen LogP contribution >= 0.6 is 0 Å². The number of carbonyl (C=O) groups is 1. The lowest BCUT2D eigenvalue weighted by atomic mass is 10.00. The van der Waals surface area contributed by atoms with E-state index in [1.54, 1.807) is 19.5 Å². The smallest absolute Gasteiger partial charge is 0.339 e. The van der Waals surface area contributed by atoms with Crippen molar-refractivity contribution in [1.29, 1.82) is 0 Å². The highest BCUT2D eigenvalue weighted by Gasteiger charge is 2.17. The largest absolute Gasteiger partial charge is 0.472 e. The summed E-state index contributed by atoms with van der Waals surface area (Å²) in [7, 11) is 0. The SMILES string of the molecule is CC1=C/C(=C/C(C)CCC/C(C)=C/CCc2coc(Cc3ccoc3)c2)OC1=O. The highest BCUT2D eigenvalue weighted by Crippen LogP contribution is 2.21. The first-order valence-corrected chi connectivity index (χ1v) is 10.3. The lowest BCUT2D eigenvalue weighted by molar-refractivity contribution is -0.133. The zero-order chi connectivity index (χ0) is 20.6. The predicted octanol–water partition coefficient (Wildman–Crippen LogP) is 6.54. The third-order valence-electron chi connectivity index (χ3n) is 5.16. The first-order valence-electron chi connectivity index (χ1n) is 10.3. The summed E-state index contributed by atoms with van der Waals surface area (Å²) < 4.78 is 16.0. The molecule has 1 atom stereocenters. The molecular formula is C25H30O4. The van der Waals surface area contributed by atoms with Gasteiger partial charge < -0.3 is 13.6 Å². The van der Waals surface area contributed by atoms with Gasteiger partial charge in [-0.25, -0.2) is 4.79 Å². The Morgan fingerprint density at radius 1 is 1.24 bits per heavy atom. The standard InChI is InChI=1S/C25H30O4/c1-18(6-4-8-19(2)12-24-13-20(3)25(26)29-24)7-5-9-21-14-23(28-17-21)15-22-10-11-27-16-22/h7,10-14,16-17,19H,4-6,8-9,15H2,1-3H3/b18-7+,24-12-. The van der Waals surface area contributed by atoms with Crippen molar-refractivity contribution >= 4 is 5.97 Å². The van der Waals surface area contributed by atoms with Gasteiger partial charge in [-0.15, -0.1) is 0 Å². The van der Waals surface area contributed by atoms with Gasteiger partial charge in [-0.2, -0.15) is 0 Å². The van der Waals surface area contributed by atoms with Crippen LogP contribution in [0.3, 0.4) is 0 Å². The summed E-state index contributed by atoms with van der Waals surface area (Å²) >= 11 is 0. The van der Waals surface area contributed by atoms with Crippen LogP contribution in [-0.4, -0.2) is 5.97 Å². The average Bonchev–Trinajstić information content (AvgIpc) is 3.39. The number of rotatable bonds is 10. The van der Waals surface area contributed by atoms with Gasteiger partial charge in [0.05, 0.1) is 18.8 Å². The Morgan fingerprint density at radius 2 is 2.10 bits per heavy atom. The second-order valence-corrected chi connectivity index (χ2v) is 7.97. The Labute approximate surface area is 172 Å². The van der Waals surface area contributed by atoms with Gasteiger partial charge in [0.2, 0.25) is 0 Å². The van der Waals surface area contributed by atoms with E-state index in [0.717, 1.165) is 49.8 Å². The summed E-state index contributed by atoms with van der Waals surface area (Å²) in [5.74, 6) is 1.84. The first kappa shape index (κ1) is 21.0. The molecule has 1 aliphatic heterocycles. The molecule has 4 nitrogen and oxygen atoms in total. The molecule has 0 radical (unpaired) electrons. The van der Waals surface area contributed by atoms with E-state index in [-0.39, 0.29) is 5.97 Å². The molecule has 1 aliphatic rings. The van der Waals surface area contributed by atoms with E-state index in [0.29, 0.717) is 17.3 Å². The van der Waals surface area contributed by atoms with Gasteiger partial charge in [-0.05, 0) is 87.3 Å². The minimum absolute atomic E-state index is 0.228. The normalized spacial score (nSPS) is 16.9. The molecule has 0 spiro atoms. The second kappa shape index (κ2) is 10.1. The van der Waals surface area contributed by atoms with Crippen molar-refractivity contribution in [2.75, 3.05) is 0 Å². The van der Waals surface area contributed by atoms with E-state index in [4.69, 9.17) is 13.6 Å². The second-order valence-electron chi connectivity index (χ2n) is 7.97. The molecule has 3 heterocycles. The van der Waals surface area contributed by atoms with E-state index >= 15 is 0 Å². The third-order valence-corrected chi connectivity index (χ3v) is 5.16. The van der Waals surface area contributed by atoms with Crippen LogP contribution in [0.15, 0.2) is 74.9 Å². The lowest BCUT2D eigenvalue weighted by Gasteiger charge is -2.07. The molecule has 4 heteroatoms. The lowest BCUT2D eigenvalue weighted by Crippen LogP contribution is -1.97. The molecule has 1 unspecified atom stereocenters. The van der Waals surface area contributed by atoms with Crippen molar-refractivity contribution in [3.05, 3.63) is 82.9 Å². The minimum Gasteiger partial charge on any atom is -0.472 e. The molecule has 0 saturated heterocycles. The molecule has 0 aliphatic carbocycles. The molecule has 0 aromatic carbocycles. The summed E-state index contributed by atoms with van der Waals surface area (Å²) in [6.07, 6.45) is 17.6. The Bertz CT molecular complexity index is 893. The number of cyclic esters (lactones) is 1.